The third-order valence-corrected chi connectivity index (χ3v) is 5.91. The summed E-state index contributed by atoms with van der Waals surface area (Å²) >= 11 is 0. The van der Waals surface area contributed by atoms with Crippen molar-refractivity contribution >= 4 is 11.8 Å². The number of aromatic nitrogens is 3. The van der Waals surface area contributed by atoms with Crippen molar-refractivity contribution in [3.05, 3.63) is 41.8 Å². The first-order chi connectivity index (χ1) is 13.4. The monoisotopic (exact) mass is 383 g/mol. The lowest BCUT2D eigenvalue weighted by molar-refractivity contribution is -0.133. The highest BCUT2D eigenvalue weighted by Gasteiger charge is 2.58. The molecule has 0 aromatic carbocycles. The first-order valence-electron chi connectivity index (χ1n) is 9.69. The number of fused-ring (bicyclic) bond motifs is 1. The van der Waals surface area contributed by atoms with E-state index in [2.05, 4.69) is 20.4 Å². The van der Waals surface area contributed by atoms with Crippen LogP contribution >= 0.6 is 0 Å². The van der Waals surface area contributed by atoms with Gasteiger partial charge in [0.05, 0.1) is 5.41 Å². The molecule has 0 unspecified atom stereocenters. The van der Waals surface area contributed by atoms with Gasteiger partial charge in [-0.05, 0) is 37.8 Å². The van der Waals surface area contributed by atoms with Crippen LogP contribution in [0.25, 0.3) is 0 Å². The molecule has 2 fully saturated rings. The van der Waals surface area contributed by atoms with Crippen LogP contribution in [-0.4, -0.2) is 51.0 Å². The van der Waals surface area contributed by atoms with Crippen LogP contribution in [0.5, 0.6) is 0 Å². The summed E-state index contributed by atoms with van der Waals surface area (Å²) in [7, 11) is 0. The lowest BCUT2D eigenvalue weighted by Crippen LogP contribution is -2.40. The summed E-state index contributed by atoms with van der Waals surface area (Å²) in [5, 5.41) is 7.10. The number of carbonyl (C=O) groups is 2. The number of hydrogen-bond acceptors (Lipinski definition) is 6. The molecule has 1 aliphatic heterocycles. The van der Waals surface area contributed by atoms with E-state index < -0.39 is 5.41 Å². The second-order valence-electron chi connectivity index (χ2n) is 8.22. The van der Waals surface area contributed by atoms with Gasteiger partial charge in [-0.1, -0.05) is 19.0 Å². The average molecular weight is 383 g/mol. The molecule has 0 spiro atoms. The van der Waals surface area contributed by atoms with Crippen LogP contribution in [0.3, 0.4) is 0 Å². The minimum Gasteiger partial charge on any atom is -0.349 e. The minimum absolute atomic E-state index is 0.00539. The van der Waals surface area contributed by atoms with E-state index in [9.17, 15) is 9.59 Å². The van der Waals surface area contributed by atoms with E-state index >= 15 is 0 Å². The van der Waals surface area contributed by atoms with Gasteiger partial charge in [-0.3, -0.25) is 14.6 Å². The van der Waals surface area contributed by atoms with E-state index in [1.807, 2.05) is 18.7 Å². The number of carbonyl (C=O) groups excluding carboxylic acids is 2. The van der Waals surface area contributed by atoms with Gasteiger partial charge in [-0.2, -0.15) is 4.98 Å². The molecular formula is C20H25N5O3. The summed E-state index contributed by atoms with van der Waals surface area (Å²) in [4.78, 5) is 35.5. The standard InChI is InChI=1S/C20H25N5O3/c1-12(2)18(27)25-10-15-8-16(23-17(26)14-4-6-21-7-5-14)9-20(15,11-25)19-22-13(3)24-28-19/h4-7,12,15-16H,8-11H2,1-3H3,(H,23,26)/t15-,16+,20-/m0/s1. The van der Waals surface area contributed by atoms with Crippen LogP contribution in [0.2, 0.25) is 0 Å². The summed E-state index contributed by atoms with van der Waals surface area (Å²) in [6, 6.07) is 3.39. The van der Waals surface area contributed by atoms with E-state index in [-0.39, 0.29) is 29.7 Å². The molecule has 2 aromatic heterocycles. The van der Waals surface area contributed by atoms with Crippen LogP contribution in [-0.2, 0) is 10.2 Å². The number of rotatable bonds is 4. The number of pyridine rings is 1. The van der Waals surface area contributed by atoms with Gasteiger partial charge in [-0.15, -0.1) is 0 Å². The van der Waals surface area contributed by atoms with Crippen LogP contribution < -0.4 is 5.32 Å². The molecule has 0 bridgehead atoms. The van der Waals surface area contributed by atoms with Gasteiger partial charge in [0.15, 0.2) is 5.82 Å². The van der Waals surface area contributed by atoms with E-state index in [1.54, 1.807) is 31.5 Å². The Labute approximate surface area is 163 Å². The maximum atomic E-state index is 12.6. The molecular weight excluding hydrogens is 358 g/mol. The molecule has 1 saturated heterocycles. The van der Waals surface area contributed by atoms with Gasteiger partial charge in [0.2, 0.25) is 11.8 Å². The Hall–Kier alpha value is -2.77. The zero-order valence-corrected chi connectivity index (χ0v) is 16.4. The molecule has 2 aromatic rings. The molecule has 1 N–H and O–H groups in total. The van der Waals surface area contributed by atoms with Crippen molar-refractivity contribution in [1.29, 1.82) is 0 Å². The van der Waals surface area contributed by atoms with Crippen molar-refractivity contribution in [3.8, 4) is 0 Å². The van der Waals surface area contributed by atoms with Crippen molar-refractivity contribution < 1.29 is 14.1 Å². The Balaban J connectivity index is 1.56. The van der Waals surface area contributed by atoms with Gasteiger partial charge in [0.25, 0.3) is 5.91 Å². The van der Waals surface area contributed by atoms with Crippen molar-refractivity contribution in [2.24, 2.45) is 11.8 Å². The summed E-state index contributed by atoms with van der Waals surface area (Å²) < 4.78 is 5.56. The van der Waals surface area contributed by atoms with Crippen LogP contribution in [0.15, 0.2) is 29.0 Å². The van der Waals surface area contributed by atoms with Crippen molar-refractivity contribution in [2.45, 2.75) is 45.1 Å². The summed E-state index contributed by atoms with van der Waals surface area (Å²) in [5.41, 5.74) is 0.188. The Morgan fingerprint density at radius 2 is 2.07 bits per heavy atom. The van der Waals surface area contributed by atoms with Crippen LogP contribution in [0.4, 0.5) is 0 Å². The Bertz CT molecular complexity index is 881. The predicted molar refractivity (Wildman–Crippen MR) is 100 cm³/mol. The second-order valence-corrected chi connectivity index (χ2v) is 8.22. The minimum atomic E-state index is -0.401. The maximum Gasteiger partial charge on any atom is 0.251 e. The zero-order valence-electron chi connectivity index (χ0n) is 16.4. The third kappa shape index (κ3) is 3.16. The molecule has 8 heteroatoms. The third-order valence-electron chi connectivity index (χ3n) is 5.91. The zero-order chi connectivity index (χ0) is 19.9. The van der Waals surface area contributed by atoms with E-state index in [0.717, 1.165) is 6.42 Å². The number of aryl methyl sites for hydroxylation is 1. The number of hydrogen-bond donors (Lipinski definition) is 1. The SMILES string of the molecule is Cc1noc([C@]23C[C@H](NC(=O)c4ccncc4)C[C@H]2CN(C(=O)C(C)C)C3)n1. The molecule has 3 atom stereocenters. The molecule has 2 amide bonds. The number of amides is 2. The van der Waals surface area contributed by atoms with E-state index in [4.69, 9.17) is 4.52 Å². The Morgan fingerprint density at radius 1 is 1.32 bits per heavy atom. The van der Waals surface area contributed by atoms with E-state index in [0.29, 0.717) is 36.8 Å². The molecule has 2 aliphatic rings. The summed E-state index contributed by atoms with van der Waals surface area (Å²) in [5.74, 6) is 1.32. The Morgan fingerprint density at radius 3 is 2.71 bits per heavy atom. The highest BCUT2D eigenvalue weighted by Crippen LogP contribution is 2.50. The summed E-state index contributed by atoms with van der Waals surface area (Å²) in [6.07, 6.45) is 4.67. The average Bonchev–Trinajstić information content (AvgIpc) is 3.34. The van der Waals surface area contributed by atoms with Crippen molar-refractivity contribution in [3.63, 3.8) is 0 Å². The maximum absolute atomic E-state index is 12.6. The molecule has 8 nitrogen and oxygen atoms in total. The first-order valence-corrected chi connectivity index (χ1v) is 9.69. The van der Waals surface area contributed by atoms with Gasteiger partial charge in [0.1, 0.15) is 0 Å². The van der Waals surface area contributed by atoms with Gasteiger partial charge in [-0.25, -0.2) is 0 Å². The molecule has 0 radical (unpaired) electrons. The normalized spacial score (nSPS) is 26.5. The van der Waals surface area contributed by atoms with Gasteiger partial charge >= 0.3 is 0 Å². The van der Waals surface area contributed by atoms with Crippen molar-refractivity contribution in [2.75, 3.05) is 13.1 Å². The smallest absolute Gasteiger partial charge is 0.251 e. The highest BCUT2D eigenvalue weighted by atomic mass is 16.5. The molecule has 1 aliphatic carbocycles. The fourth-order valence-corrected chi connectivity index (χ4v) is 4.62. The first kappa shape index (κ1) is 18.6. The van der Waals surface area contributed by atoms with Gasteiger partial charge < -0.3 is 14.7 Å². The lowest BCUT2D eigenvalue weighted by Gasteiger charge is -2.26. The van der Waals surface area contributed by atoms with Crippen LogP contribution in [0.1, 0.15) is 48.8 Å². The lowest BCUT2D eigenvalue weighted by atomic mass is 9.80. The fourth-order valence-electron chi connectivity index (χ4n) is 4.62. The molecule has 3 heterocycles. The highest BCUT2D eigenvalue weighted by molar-refractivity contribution is 5.94. The molecule has 1 saturated carbocycles. The van der Waals surface area contributed by atoms with E-state index in [1.165, 1.54) is 0 Å². The Kier molecular flexibility index (Phi) is 4.64. The largest absolute Gasteiger partial charge is 0.349 e. The molecule has 28 heavy (non-hydrogen) atoms. The quantitative estimate of drug-likeness (QED) is 0.863. The molecule has 4 rings (SSSR count). The second kappa shape index (κ2) is 7.00. The van der Waals surface area contributed by atoms with Crippen LogP contribution in [0, 0.1) is 18.8 Å². The predicted octanol–water partition coefficient (Wildman–Crippen LogP) is 1.72. The fraction of sp³-hybridized carbons (Fsp3) is 0.550. The topological polar surface area (TPSA) is 101 Å². The molecule has 148 valence electrons. The van der Waals surface area contributed by atoms with Gasteiger partial charge in [0, 0.05) is 43.0 Å². The number of nitrogens with zero attached hydrogens (tertiary/aromatic N) is 4. The van der Waals surface area contributed by atoms with Crippen molar-refractivity contribution in [1.82, 2.24) is 25.3 Å². The number of nitrogens with one attached hydrogen (secondary N) is 1. The summed E-state index contributed by atoms with van der Waals surface area (Å²) in [6.45, 7) is 6.83. The number of likely N-dealkylation sites (tertiary alicyclic amines) is 1.